The van der Waals surface area contributed by atoms with Gasteiger partial charge in [0.2, 0.25) is 0 Å². The van der Waals surface area contributed by atoms with Gasteiger partial charge in [0, 0.05) is 25.3 Å². The largest absolute Gasteiger partial charge is 0.497 e. The van der Waals surface area contributed by atoms with Crippen molar-refractivity contribution in [1.82, 2.24) is 15.1 Å². The molecule has 2 heterocycles. The number of ether oxygens (including phenoxy) is 1. The molecule has 134 valence electrons. The van der Waals surface area contributed by atoms with E-state index in [9.17, 15) is 9.90 Å². The third-order valence-electron chi connectivity index (χ3n) is 5.45. The van der Waals surface area contributed by atoms with Gasteiger partial charge in [0.25, 0.3) is 5.91 Å². The topological polar surface area (TPSA) is 78.5 Å². The number of aromatic amines is 1. The predicted octanol–water partition coefficient (Wildman–Crippen LogP) is 2.71. The molecule has 25 heavy (non-hydrogen) atoms. The first-order valence-corrected chi connectivity index (χ1v) is 8.70. The summed E-state index contributed by atoms with van der Waals surface area (Å²) in [5.41, 5.74) is 2.17. The van der Waals surface area contributed by atoms with E-state index < -0.39 is 0 Å². The van der Waals surface area contributed by atoms with Gasteiger partial charge in [-0.05, 0) is 48.9 Å². The maximum Gasteiger partial charge on any atom is 0.257 e. The van der Waals surface area contributed by atoms with Crippen LogP contribution < -0.4 is 4.74 Å². The fraction of sp³-hybridized carbons (Fsp3) is 0.474. The summed E-state index contributed by atoms with van der Waals surface area (Å²) in [6.45, 7) is 3.63. The number of carbonyl (C=O) groups excluding carboxylic acids is 1. The molecule has 0 bridgehead atoms. The minimum absolute atomic E-state index is 0.0118. The zero-order valence-electron chi connectivity index (χ0n) is 14.8. The van der Waals surface area contributed by atoms with Crippen molar-refractivity contribution in [3.05, 3.63) is 36.0 Å². The smallest absolute Gasteiger partial charge is 0.257 e. The molecular weight excluding hydrogens is 318 g/mol. The van der Waals surface area contributed by atoms with Gasteiger partial charge in [-0.3, -0.25) is 9.89 Å². The summed E-state index contributed by atoms with van der Waals surface area (Å²) >= 11 is 0. The second-order valence-electron chi connectivity index (χ2n) is 6.69. The summed E-state index contributed by atoms with van der Waals surface area (Å²) in [5.74, 6) is 0.759. The lowest BCUT2D eigenvalue weighted by molar-refractivity contribution is 0.0338. The van der Waals surface area contributed by atoms with Gasteiger partial charge in [-0.2, -0.15) is 5.10 Å². The van der Waals surface area contributed by atoms with Gasteiger partial charge in [0.15, 0.2) is 0 Å². The molecule has 1 amide bonds. The zero-order chi connectivity index (χ0) is 17.9. The van der Waals surface area contributed by atoms with Gasteiger partial charge in [0.05, 0.1) is 24.6 Å². The number of benzene rings is 1. The van der Waals surface area contributed by atoms with Gasteiger partial charge in [-0.1, -0.05) is 6.92 Å². The Bertz CT molecular complexity index is 710. The highest BCUT2D eigenvalue weighted by Crippen LogP contribution is 2.35. The van der Waals surface area contributed by atoms with Gasteiger partial charge < -0.3 is 14.7 Å². The van der Waals surface area contributed by atoms with Crippen LogP contribution in [0.25, 0.3) is 11.3 Å². The molecular formula is C19H25N3O3. The molecule has 0 unspecified atom stereocenters. The summed E-state index contributed by atoms with van der Waals surface area (Å²) in [4.78, 5) is 14.8. The van der Waals surface area contributed by atoms with Crippen molar-refractivity contribution in [2.24, 2.45) is 5.41 Å². The minimum atomic E-state index is -0.0357. The molecule has 0 radical (unpaired) electrons. The summed E-state index contributed by atoms with van der Waals surface area (Å²) in [5, 5.41) is 16.7. The molecule has 0 aliphatic carbocycles. The maximum atomic E-state index is 12.9. The van der Waals surface area contributed by atoms with E-state index >= 15 is 0 Å². The highest BCUT2D eigenvalue weighted by Gasteiger charge is 2.34. The Kier molecular flexibility index (Phi) is 5.08. The van der Waals surface area contributed by atoms with Crippen molar-refractivity contribution >= 4 is 5.91 Å². The van der Waals surface area contributed by atoms with Crippen LogP contribution in [-0.2, 0) is 0 Å². The van der Waals surface area contributed by atoms with Crippen molar-refractivity contribution < 1.29 is 14.6 Å². The monoisotopic (exact) mass is 343 g/mol. The molecule has 0 spiro atoms. The number of likely N-dealkylation sites (tertiary alicyclic amines) is 1. The molecule has 1 aliphatic rings. The zero-order valence-corrected chi connectivity index (χ0v) is 14.8. The minimum Gasteiger partial charge on any atom is -0.497 e. The van der Waals surface area contributed by atoms with E-state index in [1.54, 1.807) is 13.3 Å². The lowest BCUT2D eigenvalue weighted by Crippen LogP contribution is -2.44. The van der Waals surface area contributed by atoms with Crippen LogP contribution in [0.4, 0.5) is 0 Å². The highest BCUT2D eigenvalue weighted by molar-refractivity contribution is 5.99. The Labute approximate surface area is 147 Å². The quantitative estimate of drug-likeness (QED) is 0.875. The van der Waals surface area contributed by atoms with Gasteiger partial charge in [-0.25, -0.2) is 0 Å². The summed E-state index contributed by atoms with van der Waals surface area (Å²) in [7, 11) is 1.62. The van der Waals surface area contributed by atoms with Crippen molar-refractivity contribution in [3.63, 3.8) is 0 Å². The molecule has 2 aromatic rings. The van der Waals surface area contributed by atoms with Crippen LogP contribution >= 0.6 is 0 Å². The molecule has 0 atom stereocenters. The summed E-state index contributed by atoms with van der Waals surface area (Å²) in [6, 6.07) is 7.55. The number of rotatable bonds is 5. The highest BCUT2D eigenvalue weighted by atomic mass is 16.5. The van der Waals surface area contributed by atoms with E-state index in [1.807, 2.05) is 29.2 Å². The third kappa shape index (κ3) is 3.39. The SMILES string of the molecule is CCC1(CO)CCN(C(=O)c2cn[nH]c2-c2ccc(OC)cc2)CC1. The second kappa shape index (κ2) is 7.27. The number of hydrogen-bond donors (Lipinski definition) is 2. The number of amides is 1. The standard InChI is InChI=1S/C19H25N3O3/c1-3-19(13-23)8-10-22(11-9-19)18(24)16-12-20-21-17(16)14-4-6-15(25-2)7-5-14/h4-7,12,23H,3,8-11,13H2,1-2H3,(H,20,21). The van der Waals surface area contributed by atoms with E-state index in [4.69, 9.17) is 4.74 Å². The molecule has 2 N–H and O–H groups in total. The van der Waals surface area contributed by atoms with Gasteiger partial charge in [0.1, 0.15) is 5.75 Å². The number of carbonyl (C=O) groups is 1. The number of nitrogens with zero attached hydrogens (tertiary/aromatic N) is 2. The molecule has 3 rings (SSSR count). The van der Waals surface area contributed by atoms with Gasteiger partial charge in [-0.15, -0.1) is 0 Å². The van der Waals surface area contributed by atoms with E-state index in [0.717, 1.165) is 36.3 Å². The Hall–Kier alpha value is -2.34. The first-order chi connectivity index (χ1) is 12.1. The predicted molar refractivity (Wildman–Crippen MR) is 95.5 cm³/mol. The second-order valence-corrected chi connectivity index (χ2v) is 6.69. The molecule has 6 nitrogen and oxygen atoms in total. The van der Waals surface area contributed by atoms with Crippen LogP contribution in [0.3, 0.4) is 0 Å². The first kappa shape index (κ1) is 17.5. The van der Waals surface area contributed by atoms with Crippen LogP contribution in [0.2, 0.25) is 0 Å². The average Bonchev–Trinajstić information content (AvgIpc) is 3.17. The lowest BCUT2D eigenvalue weighted by atomic mass is 9.77. The Balaban J connectivity index is 1.77. The van der Waals surface area contributed by atoms with Crippen LogP contribution in [-0.4, -0.2) is 52.9 Å². The fourth-order valence-electron chi connectivity index (χ4n) is 3.40. The number of aliphatic hydroxyl groups excluding tert-OH is 1. The van der Waals surface area contributed by atoms with Gasteiger partial charge >= 0.3 is 0 Å². The Morgan fingerprint density at radius 1 is 1.32 bits per heavy atom. The molecule has 0 saturated carbocycles. The molecule has 1 saturated heterocycles. The lowest BCUT2D eigenvalue weighted by Gasteiger charge is -2.40. The van der Waals surface area contributed by atoms with Crippen molar-refractivity contribution in [1.29, 1.82) is 0 Å². The number of aromatic nitrogens is 2. The normalized spacial score (nSPS) is 16.7. The molecule has 1 aliphatic heterocycles. The number of H-pyrrole nitrogens is 1. The third-order valence-corrected chi connectivity index (χ3v) is 5.45. The fourth-order valence-corrected chi connectivity index (χ4v) is 3.40. The van der Waals surface area contributed by atoms with E-state index in [0.29, 0.717) is 18.7 Å². The van der Waals surface area contributed by atoms with Crippen LogP contribution in [0, 0.1) is 5.41 Å². The number of hydrogen-bond acceptors (Lipinski definition) is 4. The van der Waals surface area contributed by atoms with E-state index in [-0.39, 0.29) is 17.9 Å². The van der Waals surface area contributed by atoms with Crippen LogP contribution in [0.1, 0.15) is 36.5 Å². The Morgan fingerprint density at radius 3 is 2.56 bits per heavy atom. The Morgan fingerprint density at radius 2 is 2.00 bits per heavy atom. The van der Waals surface area contributed by atoms with Crippen molar-refractivity contribution in [3.8, 4) is 17.0 Å². The van der Waals surface area contributed by atoms with E-state index in [2.05, 4.69) is 17.1 Å². The number of piperidine rings is 1. The summed E-state index contributed by atoms with van der Waals surface area (Å²) in [6.07, 6.45) is 4.20. The van der Waals surface area contributed by atoms with E-state index in [1.165, 1.54) is 0 Å². The molecule has 6 heteroatoms. The first-order valence-electron chi connectivity index (χ1n) is 8.70. The number of nitrogens with one attached hydrogen (secondary N) is 1. The average molecular weight is 343 g/mol. The van der Waals surface area contributed by atoms with Crippen LogP contribution in [0.5, 0.6) is 5.75 Å². The molecule has 1 fully saturated rings. The van der Waals surface area contributed by atoms with Crippen molar-refractivity contribution in [2.45, 2.75) is 26.2 Å². The summed E-state index contributed by atoms with van der Waals surface area (Å²) < 4.78 is 5.18. The number of aliphatic hydroxyl groups is 1. The number of methoxy groups -OCH3 is 1. The maximum absolute atomic E-state index is 12.9. The molecule has 1 aromatic carbocycles. The van der Waals surface area contributed by atoms with Crippen molar-refractivity contribution in [2.75, 3.05) is 26.8 Å². The van der Waals surface area contributed by atoms with Crippen LogP contribution in [0.15, 0.2) is 30.5 Å². The molecule has 1 aromatic heterocycles.